The molecule has 21 heavy (non-hydrogen) atoms. The molecule has 0 spiro atoms. The molecule has 2 aromatic carbocycles. The lowest BCUT2D eigenvalue weighted by atomic mass is 9.95. The first-order valence-corrected chi connectivity index (χ1v) is 6.73. The van der Waals surface area contributed by atoms with Crippen molar-refractivity contribution in [3.8, 4) is 16.9 Å². The fraction of sp³-hybridized carbons (Fsp3) is 0.294. The van der Waals surface area contributed by atoms with Gasteiger partial charge in [-0.3, -0.25) is 0 Å². The van der Waals surface area contributed by atoms with E-state index in [-0.39, 0.29) is 5.56 Å². The molecule has 0 heterocycles. The van der Waals surface area contributed by atoms with Crippen LogP contribution in [0.2, 0.25) is 0 Å². The molecule has 2 N–H and O–H groups in total. The highest BCUT2D eigenvalue weighted by Gasteiger charge is 2.23. The summed E-state index contributed by atoms with van der Waals surface area (Å²) in [6.45, 7) is 3.23. The van der Waals surface area contributed by atoms with E-state index in [2.05, 4.69) is 0 Å². The van der Waals surface area contributed by atoms with Crippen LogP contribution in [-0.4, -0.2) is 7.11 Å². The first-order valence-electron chi connectivity index (χ1n) is 6.73. The van der Waals surface area contributed by atoms with Crippen molar-refractivity contribution in [3.05, 3.63) is 53.1 Å². The minimum Gasteiger partial charge on any atom is -0.496 e. The van der Waals surface area contributed by atoms with E-state index in [1.165, 1.54) is 12.1 Å². The van der Waals surface area contributed by atoms with Gasteiger partial charge in [-0.15, -0.1) is 0 Å². The first-order chi connectivity index (χ1) is 9.86. The Labute approximate surface area is 123 Å². The van der Waals surface area contributed by atoms with E-state index in [4.69, 9.17) is 10.5 Å². The molecule has 0 bridgehead atoms. The number of hydrogen-bond donors (Lipinski definition) is 1. The van der Waals surface area contributed by atoms with Gasteiger partial charge in [0.1, 0.15) is 5.75 Å². The van der Waals surface area contributed by atoms with Gasteiger partial charge in [-0.2, -0.15) is 0 Å². The Morgan fingerprint density at radius 2 is 1.76 bits per heavy atom. The van der Waals surface area contributed by atoms with Crippen molar-refractivity contribution >= 4 is 0 Å². The number of nitrogens with two attached hydrogens (primary N) is 1. The highest BCUT2D eigenvalue weighted by Crippen LogP contribution is 2.34. The largest absolute Gasteiger partial charge is 0.496 e. The molecule has 2 nitrogen and oxygen atoms in total. The summed E-state index contributed by atoms with van der Waals surface area (Å²) in [5.41, 5.74) is 9.42. The number of ether oxygens (including phenoxy) is 1. The van der Waals surface area contributed by atoms with Crippen LogP contribution in [-0.2, 0) is 12.5 Å². The highest BCUT2D eigenvalue weighted by molar-refractivity contribution is 5.71. The molecule has 2 rings (SSSR count). The Balaban J connectivity index is 2.51. The van der Waals surface area contributed by atoms with Crippen molar-refractivity contribution in [2.24, 2.45) is 5.73 Å². The van der Waals surface area contributed by atoms with E-state index in [1.54, 1.807) is 19.2 Å². The lowest BCUT2D eigenvalue weighted by Gasteiger charge is -2.15. The Bertz CT molecular complexity index is 630. The molecule has 0 aliphatic rings. The van der Waals surface area contributed by atoms with Crippen LogP contribution in [0.3, 0.4) is 0 Å². The molecular weight excluding hydrogens is 272 g/mol. The van der Waals surface area contributed by atoms with Crippen molar-refractivity contribution in [1.29, 1.82) is 0 Å². The van der Waals surface area contributed by atoms with Crippen molar-refractivity contribution < 1.29 is 13.5 Å². The zero-order valence-electron chi connectivity index (χ0n) is 12.4. The molecule has 0 amide bonds. The smallest absolute Gasteiger partial charge is 0.270 e. The van der Waals surface area contributed by atoms with Crippen molar-refractivity contribution in [3.63, 3.8) is 0 Å². The molecule has 0 aromatic heterocycles. The van der Waals surface area contributed by atoms with Gasteiger partial charge >= 0.3 is 0 Å². The molecule has 0 saturated heterocycles. The second-order valence-electron chi connectivity index (χ2n) is 5.14. The maximum atomic E-state index is 13.3. The Kier molecular flexibility index (Phi) is 4.28. The molecule has 0 unspecified atom stereocenters. The van der Waals surface area contributed by atoms with Crippen LogP contribution in [0.15, 0.2) is 36.4 Å². The van der Waals surface area contributed by atoms with Crippen LogP contribution >= 0.6 is 0 Å². The molecule has 0 radical (unpaired) electrons. The van der Waals surface area contributed by atoms with Crippen molar-refractivity contribution in [2.45, 2.75) is 26.3 Å². The summed E-state index contributed by atoms with van der Waals surface area (Å²) in [5.74, 6) is -2.08. The zero-order chi connectivity index (χ0) is 15.6. The summed E-state index contributed by atoms with van der Waals surface area (Å²) in [5, 5.41) is 0. The van der Waals surface area contributed by atoms with Gasteiger partial charge in [0.05, 0.1) is 7.11 Å². The van der Waals surface area contributed by atoms with E-state index >= 15 is 0 Å². The summed E-state index contributed by atoms with van der Waals surface area (Å²) in [6.07, 6.45) is 0. The SMILES string of the molecule is COc1cc(CN)cc(-c2ccc(C(C)(F)F)cc2)c1C. The van der Waals surface area contributed by atoms with Gasteiger partial charge in [0, 0.05) is 19.0 Å². The summed E-state index contributed by atoms with van der Waals surface area (Å²) >= 11 is 0. The highest BCUT2D eigenvalue weighted by atomic mass is 19.3. The molecule has 0 saturated carbocycles. The molecule has 4 heteroatoms. The summed E-state index contributed by atoms with van der Waals surface area (Å²) < 4.78 is 31.9. The predicted molar refractivity (Wildman–Crippen MR) is 80.6 cm³/mol. The van der Waals surface area contributed by atoms with Gasteiger partial charge < -0.3 is 10.5 Å². The summed E-state index contributed by atoms with van der Waals surface area (Å²) in [4.78, 5) is 0. The van der Waals surface area contributed by atoms with Crippen LogP contribution in [0, 0.1) is 6.92 Å². The minimum absolute atomic E-state index is 0.00541. The van der Waals surface area contributed by atoms with Gasteiger partial charge in [-0.1, -0.05) is 24.3 Å². The number of alkyl halides is 2. The van der Waals surface area contributed by atoms with Crippen molar-refractivity contribution in [2.75, 3.05) is 7.11 Å². The lowest BCUT2D eigenvalue weighted by Crippen LogP contribution is -2.06. The van der Waals surface area contributed by atoms with Crippen LogP contribution in [0.1, 0.15) is 23.6 Å². The maximum absolute atomic E-state index is 13.3. The molecule has 0 aliphatic carbocycles. The fourth-order valence-corrected chi connectivity index (χ4v) is 2.32. The van der Waals surface area contributed by atoms with E-state index in [0.29, 0.717) is 6.54 Å². The van der Waals surface area contributed by atoms with E-state index in [0.717, 1.165) is 34.9 Å². The van der Waals surface area contributed by atoms with E-state index in [1.807, 2.05) is 19.1 Å². The molecular formula is C17H19F2NO. The Hall–Kier alpha value is -1.94. The van der Waals surface area contributed by atoms with Crippen molar-refractivity contribution in [1.82, 2.24) is 0 Å². The van der Waals surface area contributed by atoms with Crippen LogP contribution < -0.4 is 10.5 Å². The Morgan fingerprint density at radius 1 is 1.14 bits per heavy atom. The monoisotopic (exact) mass is 291 g/mol. The minimum atomic E-state index is -2.83. The molecule has 0 aliphatic heterocycles. The quantitative estimate of drug-likeness (QED) is 0.914. The second-order valence-corrected chi connectivity index (χ2v) is 5.14. The standard InChI is InChI=1S/C17H19F2NO/c1-11-15(8-12(10-20)9-16(11)21-3)13-4-6-14(7-5-13)17(2,18)19/h4-9H,10,20H2,1-3H3. The van der Waals surface area contributed by atoms with Crippen LogP contribution in [0.25, 0.3) is 11.1 Å². The van der Waals surface area contributed by atoms with Gasteiger partial charge in [0.25, 0.3) is 5.92 Å². The average molecular weight is 291 g/mol. The third kappa shape index (κ3) is 3.22. The topological polar surface area (TPSA) is 35.2 Å². The number of halogens is 2. The zero-order valence-corrected chi connectivity index (χ0v) is 12.4. The van der Waals surface area contributed by atoms with E-state index in [9.17, 15) is 8.78 Å². The van der Waals surface area contributed by atoms with Gasteiger partial charge in [0.2, 0.25) is 0 Å². The third-order valence-corrected chi connectivity index (χ3v) is 3.58. The van der Waals surface area contributed by atoms with Gasteiger partial charge in [-0.05, 0) is 41.3 Å². The normalized spacial score (nSPS) is 11.5. The van der Waals surface area contributed by atoms with E-state index < -0.39 is 5.92 Å². The average Bonchev–Trinajstić information content (AvgIpc) is 2.47. The predicted octanol–water partition coefficient (Wildman–Crippen LogP) is 4.24. The molecule has 112 valence electrons. The number of benzene rings is 2. The molecule has 0 fully saturated rings. The first kappa shape index (κ1) is 15.4. The molecule has 2 aromatic rings. The maximum Gasteiger partial charge on any atom is 0.270 e. The lowest BCUT2D eigenvalue weighted by molar-refractivity contribution is 0.0175. The number of hydrogen-bond acceptors (Lipinski definition) is 2. The van der Waals surface area contributed by atoms with Gasteiger partial charge in [0.15, 0.2) is 0 Å². The Morgan fingerprint density at radius 3 is 2.24 bits per heavy atom. The third-order valence-electron chi connectivity index (χ3n) is 3.58. The fourth-order valence-electron chi connectivity index (χ4n) is 2.32. The van der Waals surface area contributed by atoms with Crippen LogP contribution in [0.5, 0.6) is 5.75 Å². The summed E-state index contributed by atoms with van der Waals surface area (Å²) in [7, 11) is 1.60. The van der Waals surface area contributed by atoms with Crippen LogP contribution in [0.4, 0.5) is 8.78 Å². The summed E-state index contributed by atoms with van der Waals surface area (Å²) in [6, 6.07) is 10.2. The second kappa shape index (κ2) is 5.82. The molecule has 0 atom stereocenters. The number of rotatable bonds is 4. The van der Waals surface area contributed by atoms with Gasteiger partial charge in [-0.25, -0.2) is 8.78 Å². The number of methoxy groups -OCH3 is 1.